The maximum Gasteiger partial charge on any atom is 0.122 e. The van der Waals surface area contributed by atoms with Crippen LogP contribution in [0.4, 0.5) is 0 Å². The molecule has 0 aliphatic heterocycles. The predicted octanol–water partition coefficient (Wildman–Crippen LogP) is 6.85. The van der Waals surface area contributed by atoms with Crippen LogP contribution in [0.5, 0.6) is 11.5 Å². The Bertz CT molecular complexity index is 970. The van der Waals surface area contributed by atoms with Gasteiger partial charge in [-0.2, -0.15) is 0 Å². The monoisotopic (exact) mass is 376 g/mol. The summed E-state index contributed by atoms with van der Waals surface area (Å²) >= 11 is 0. The van der Waals surface area contributed by atoms with Crippen LogP contribution in [0.15, 0.2) is 48.5 Å². The summed E-state index contributed by atoms with van der Waals surface area (Å²) in [6, 6.07) is 16.3. The molecule has 3 aromatic carbocycles. The van der Waals surface area contributed by atoms with Crippen molar-refractivity contribution < 1.29 is 10.2 Å². The molecule has 28 heavy (non-hydrogen) atoms. The standard InChI is InChI=1S/C24H26O2.C2H6/c1-14-7-6-8-19(10-14)23(20-12-17(4)22(25)13-16(20)3)21-11-15(2)9-18(5)24(21)26;1-2/h6-13,23,25-26H,1-5H3;1-2H3. The van der Waals surface area contributed by atoms with Crippen LogP contribution < -0.4 is 0 Å². The molecule has 1 unspecified atom stereocenters. The van der Waals surface area contributed by atoms with E-state index < -0.39 is 0 Å². The average molecular weight is 377 g/mol. The fourth-order valence-electron chi connectivity index (χ4n) is 3.72. The highest BCUT2D eigenvalue weighted by Crippen LogP contribution is 2.41. The second-order valence-electron chi connectivity index (χ2n) is 7.36. The minimum atomic E-state index is -0.0900. The first kappa shape index (κ1) is 21.6. The number of hydrogen-bond acceptors (Lipinski definition) is 2. The summed E-state index contributed by atoms with van der Waals surface area (Å²) in [4.78, 5) is 0. The zero-order valence-corrected chi connectivity index (χ0v) is 18.1. The third-order valence-corrected chi connectivity index (χ3v) is 5.06. The topological polar surface area (TPSA) is 40.5 Å². The minimum Gasteiger partial charge on any atom is -0.508 e. The summed E-state index contributed by atoms with van der Waals surface area (Å²) in [5.74, 6) is 0.555. The maximum absolute atomic E-state index is 10.8. The smallest absolute Gasteiger partial charge is 0.122 e. The third-order valence-electron chi connectivity index (χ3n) is 5.06. The van der Waals surface area contributed by atoms with Crippen molar-refractivity contribution in [2.45, 2.75) is 54.4 Å². The number of phenolic OH excluding ortho intramolecular Hbond substituents is 2. The normalized spacial score (nSPS) is 11.5. The molecule has 0 amide bonds. The largest absolute Gasteiger partial charge is 0.508 e. The van der Waals surface area contributed by atoms with Gasteiger partial charge in [-0.15, -0.1) is 0 Å². The van der Waals surface area contributed by atoms with Crippen molar-refractivity contribution in [1.82, 2.24) is 0 Å². The summed E-state index contributed by atoms with van der Waals surface area (Å²) in [6.45, 7) is 14.0. The molecular weight excluding hydrogens is 344 g/mol. The molecule has 0 aromatic heterocycles. The van der Waals surface area contributed by atoms with Crippen LogP contribution in [0, 0.1) is 34.6 Å². The Balaban J connectivity index is 0.00000136. The van der Waals surface area contributed by atoms with Crippen LogP contribution in [0.1, 0.15) is 64.3 Å². The van der Waals surface area contributed by atoms with Gasteiger partial charge >= 0.3 is 0 Å². The molecule has 0 saturated carbocycles. The molecule has 2 heteroatoms. The first-order valence-electron chi connectivity index (χ1n) is 9.94. The lowest BCUT2D eigenvalue weighted by molar-refractivity contribution is 0.462. The Hall–Kier alpha value is -2.74. The van der Waals surface area contributed by atoms with E-state index in [1.54, 1.807) is 0 Å². The Morgan fingerprint density at radius 3 is 1.96 bits per heavy atom. The number of rotatable bonds is 3. The van der Waals surface area contributed by atoms with Gasteiger partial charge < -0.3 is 10.2 Å². The SMILES string of the molecule is CC.Cc1cccc(C(c2cc(C)c(O)cc2C)c2cc(C)cc(C)c2O)c1. The van der Waals surface area contributed by atoms with Gasteiger partial charge in [-0.1, -0.05) is 67.4 Å². The number of benzene rings is 3. The number of aromatic hydroxyl groups is 2. The van der Waals surface area contributed by atoms with Crippen molar-refractivity contribution in [3.05, 3.63) is 93.0 Å². The van der Waals surface area contributed by atoms with Crippen molar-refractivity contribution in [2.24, 2.45) is 0 Å². The molecule has 3 rings (SSSR count). The third kappa shape index (κ3) is 4.39. The predicted molar refractivity (Wildman–Crippen MR) is 119 cm³/mol. The summed E-state index contributed by atoms with van der Waals surface area (Å²) in [5.41, 5.74) is 8.19. The molecule has 0 bridgehead atoms. The van der Waals surface area contributed by atoms with E-state index in [-0.39, 0.29) is 5.92 Å². The Morgan fingerprint density at radius 1 is 0.643 bits per heavy atom. The fraction of sp³-hybridized carbons (Fsp3) is 0.308. The minimum absolute atomic E-state index is 0.0900. The van der Waals surface area contributed by atoms with E-state index in [0.29, 0.717) is 11.5 Å². The van der Waals surface area contributed by atoms with Gasteiger partial charge in [0.15, 0.2) is 0 Å². The molecule has 3 aromatic rings. The van der Waals surface area contributed by atoms with Crippen LogP contribution in [0.3, 0.4) is 0 Å². The van der Waals surface area contributed by atoms with E-state index in [4.69, 9.17) is 0 Å². The van der Waals surface area contributed by atoms with Gasteiger partial charge in [0.25, 0.3) is 0 Å². The summed E-state index contributed by atoms with van der Waals surface area (Å²) in [6.07, 6.45) is 0. The second kappa shape index (κ2) is 8.97. The molecule has 148 valence electrons. The molecule has 0 aliphatic rings. The summed E-state index contributed by atoms with van der Waals surface area (Å²) in [5, 5.41) is 20.9. The van der Waals surface area contributed by atoms with Crippen molar-refractivity contribution >= 4 is 0 Å². The van der Waals surface area contributed by atoms with E-state index in [2.05, 4.69) is 44.2 Å². The van der Waals surface area contributed by atoms with E-state index in [1.807, 2.05) is 52.8 Å². The van der Waals surface area contributed by atoms with Crippen LogP contribution in [0.2, 0.25) is 0 Å². The van der Waals surface area contributed by atoms with Gasteiger partial charge in [0, 0.05) is 11.5 Å². The number of aryl methyl sites for hydroxylation is 5. The van der Waals surface area contributed by atoms with Gasteiger partial charge in [-0.05, 0) is 68.5 Å². The van der Waals surface area contributed by atoms with Crippen LogP contribution >= 0.6 is 0 Å². The van der Waals surface area contributed by atoms with E-state index in [1.165, 1.54) is 5.56 Å². The van der Waals surface area contributed by atoms with E-state index in [0.717, 1.165) is 38.9 Å². The summed E-state index contributed by atoms with van der Waals surface area (Å²) < 4.78 is 0. The van der Waals surface area contributed by atoms with Crippen LogP contribution in [0.25, 0.3) is 0 Å². The van der Waals surface area contributed by atoms with Gasteiger partial charge in [-0.3, -0.25) is 0 Å². The zero-order chi connectivity index (χ0) is 21.0. The average Bonchev–Trinajstić information content (AvgIpc) is 2.65. The van der Waals surface area contributed by atoms with Crippen molar-refractivity contribution in [3.8, 4) is 11.5 Å². The molecule has 0 aliphatic carbocycles. The summed E-state index contributed by atoms with van der Waals surface area (Å²) in [7, 11) is 0. The first-order chi connectivity index (χ1) is 13.3. The van der Waals surface area contributed by atoms with Crippen LogP contribution in [-0.4, -0.2) is 10.2 Å². The quantitative estimate of drug-likeness (QED) is 0.491. The highest BCUT2D eigenvalue weighted by atomic mass is 16.3. The number of hydrogen-bond donors (Lipinski definition) is 2. The van der Waals surface area contributed by atoms with Crippen LogP contribution in [-0.2, 0) is 0 Å². The van der Waals surface area contributed by atoms with Gasteiger partial charge in [0.05, 0.1) is 0 Å². The lowest BCUT2D eigenvalue weighted by Crippen LogP contribution is -2.07. The highest BCUT2D eigenvalue weighted by Gasteiger charge is 2.24. The maximum atomic E-state index is 10.8. The molecule has 0 saturated heterocycles. The molecular formula is C26H32O2. The van der Waals surface area contributed by atoms with E-state index in [9.17, 15) is 10.2 Å². The highest BCUT2D eigenvalue weighted by molar-refractivity contribution is 5.56. The zero-order valence-electron chi connectivity index (χ0n) is 18.1. The van der Waals surface area contributed by atoms with Gasteiger partial charge in [-0.25, -0.2) is 0 Å². The fourth-order valence-corrected chi connectivity index (χ4v) is 3.72. The molecule has 2 N–H and O–H groups in total. The molecule has 0 radical (unpaired) electrons. The lowest BCUT2D eigenvalue weighted by atomic mass is 9.80. The van der Waals surface area contributed by atoms with Gasteiger partial charge in [0.2, 0.25) is 0 Å². The first-order valence-corrected chi connectivity index (χ1v) is 9.94. The number of phenols is 2. The Morgan fingerprint density at radius 2 is 1.32 bits per heavy atom. The molecule has 0 spiro atoms. The van der Waals surface area contributed by atoms with Crippen molar-refractivity contribution in [1.29, 1.82) is 0 Å². The lowest BCUT2D eigenvalue weighted by Gasteiger charge is -2.24. The second-order valence-corrected chi connectivity index (χ2v) is 7.36. The molecule has 0 fully saturated rings. The van der Waals surface area contributed by atoms with E-state index >= 15 is 0 Å². The van der Waals surface area contributed by atoms with Crippen molar-refractivity contribution in [3.63, 3.8) is 0 Å². The van der Waals surface area contributed by atoms with Crippen molar-refractivity contribution in [2.75, 3.05) is 0 Å². The molecule has 0 heterocycles. The molecule has 1 atom stereocenters. The Labute approximate surface area is 169 Å². The molecule has 2 nitrogen and oxygen atoms in total. The van der Waals surface area contributed by atoms with Gasteiger partial charge in [0.1, 0.15) is 11.5 Å². The Kier molecular flexibility index (Phi) is 6.90.